The average molecular weight is 475 g/mol. The van der Waals surface area contributed by atoms with E-state index in [9.17, 15) is 0 Å². The van der Waals surface area contributed by atoms with Crippen molar-refractivity contribution in [1.29, 1.82) is 0 Å². The van der Waals surface area contributed by atoms with E-state index in [0.29, 0.717) is 25.0 Å². The van der Waals surface area contributed by atoms with Crippen LogP contribution in [-0.4, -0.2) is 0 Å². The molecule has 3 atom stereocenters. The highest BCUT2D eigenvalue weighted by atomic mass is 16.5. The van der Waals surface area contributed by atoms with Gasteiger partial charge >= 0.3 is 0 Å². The van der Waals surface area contributed by atoms with Crippen molar-refractivity contribution in [2.75, 3.05) is 0 Å². The predicted molar refractivity (Wildman–Crippen MR) is 142 cm³/mol. The van der Waals surface area contributed by atoms with Gasteiger partial charge in [0.2, 0.25) is 0 Å². The highest BCUT2D eigenvalue weighted by Crippen LogP contribution is 2.55. The Morgan fingerprint density at radius 2 is 1.31 bits per heavy atom. The molecule has 0 saturated heterocycles. The van der Waals surface area contributed by atoms with Crippen molar-refractivity contribution < 1.29 is 14.2 Å². The monoisotopic (exact) mass is 474 g/mol. The normalized spacial score (nSPS) is 20.2. The van der Waals surface area contributed by atoms with Gasteiger partial charge in [-0.3, -0.25) is 0 Å². The van der Waals surface area contributed by atoms with Crippen LogP contribution in [0.1, 0.15) is 47.1 Å². The molecule has 0 unspecified atom stereocenters. The summed E-state index contributed by atoms with van der Waals surface area (Å²) in [5.41, 5.74) is 6.04. The summed E-state index contributed by atoms with van der Waals surface area (Å²) in [6.45, 7) is 5.46. The Hall–Kier alpha value is -3.98. The Kier molecular flexibility index (Phi) is 6.21. The van der Waals surface area contributed by atoms with Gasteiger partial charge in [0, 0.05) is 11.5 Å². The Morgan fingerprint density at radius 1 is 0.694 bits per heavy atom. The zero-order valence-corrected chi connectivity index (χ0v) is 20.3. The van der Waals surface area contributed by atoms with Gasteiger partial charge in [-0.05, 0) is 65.8 Å². The SMILES string of the molecule is C=C1C[C@H]2[C@@H](C1)c1cc(OCc3ccccc3)ccc1O[C@H]2c1ccc(OCc2ccccc2)cc1. The van der Waals surface area contributed by atoms with E-state index in [4.69, 9.17) is 14.2 Å². The maximum atomic E-state index is 6.63. The molecule has 0 radical (unpaired) electrons. The summed E-state index contributed by atoms with van der Waals surface area (Å²) in [5, 5.41) is 0. The Morgan fingerprint density at radius 3 is 1.97 bits per heavy atom. The summed E-state index contributed by atoms with van der Waals surface area (Å²) in [7, 11) is 0. The van der Waals surface area contributed by atoms with Crippen LogP contribution in [0.4, 0.5) is 0 Å². The van der Waals surface area contributed by atoms with Gasteiger partial charge < -0.3 is 14.2 Å². The fraction of sp³-hybridized carbons (Fsp3) is 0.212. The molecule has 0 spiro atoms. The van der Waals surface area contributed by atoms with Gasteiger partial charge in [0.05, 0.1) is 0 Å². The van der Waals surface area contributed by atoms with Crippen molar-refractivity contribution in [3.8, 4) is 17.2 Å². The van der Waals surface area contributed by atoms with E-state index in [-0.39, 0.29) is 6.10 Å². The molecule has 6 rings (SSSR count). The molecular formula is C33H30O3. The minimum atomic E-state index is 0.000936. The van der Waals surface area contributed by atoms with Gasteiger partial charge in [-0.1, -0.05) is 84.9 Å². The molecule has 0 amide bonds. The molecule has 3 heteroatoms. The number of fused-ring (bicyclic) bond motifs is 3. The average Bonchev–Trinajstić information content (AvgIpc) is 3.33. The minimum absolute atomic E-state index is 0.000936. The fourth-order valence-corrected chi connectivity index (χ4v) is 5.47. The number of ether oxygens (including phenoxy) is 3. The zero-order chi connectivity index (χ0) is 24.3. The Bertz CT molecular complexity index is 1330. The van der Waals surface area contributed by atoms with E-state index in [1.54, 1.807) is 0 Å². The second-order valence-electron chi connectivity index (χ2n) is 9.78. The zero-order valence-electron chi connectivity index (χ0n) is 20.3. The summed E-state index contributed by atoms with van der Waals surface area (Å²) in [4.78, 5) is 0. The number of hydrogen-bond acceptors (Lipinski definition) is 3. The van der Waals surface area contributed by atoms with E-state index in [1.807, 2.05) is 42.5 Å². The molecule has 1 heterocycles. The van der Waals surface area contributed by atoms with Crippen LogP contribution in [0.25, 0.3) is 0 Å². The van der Waals surface area contributed by atoms with Crippen LogP contribution in [0.3, 0.4) is 0 Å². The molecule has 36 heavy (non-hydrogen) atoms. The third kappa shape index (κ3) is 4.74. The number of allylic oxidation sites excluding steroid dienone is 1. The number of benzene rings is 4. The third-order valence-electron chi connectivity index (χ3n) is 7.28. The molecule has 1 fully saturated rings. The highest BCUT2D eigenvalue weighted by molar-refractivity contribution is 5.47. The summed E-state index contributed by atoms with van der Waals surface area (Å²) in [5.74, 6) is 3.46. The van der Waals surface area contributed by atoms with E-state index < -0.39 is 0 Å². The summed E-state index contributed by atoms with van der Waals surface area (Å²) in [6, 6.07) is 35.2. The lowest BCUT2D eigenvalue weighted by atomic mass is 9.80. The second-order valence-corrected chi connectivity index (χ2v) is 9.78. The van der Waals surface area contributed by atoms with E-state index in [0.717, 1.165) is 41.2 Å². The molecule has 180 valence electrons. The van der Waals surface area contributed by atoms with E-state index in [2.05, 4.69) is 67.2 Å². The molecule has 3 nitrogen and oxygen atoms in total. The Labute approximate surface area is 213 Å². The van der Waals surface area contributed by atoms with Gasteiger partial charge in [-0.2, -0.15) is 0 Å². The lowest BCUT2D eigenvalue weighted by Gasteiger charge is -2.36. The predicted octanol–water partition coefficient (Wildman–Crippen LogP) is 8.03. The van der Waals surface area contributed by atoms with Crippen molar-refractivity contribution in [3.63, 3.8) is 0 Å². The molecule has 1 saturated carbocycles. The molecule has 0 N–H and O–H groups in total. The largest absolute Gasteiger partial charge is 0.489 e. The molecular weight excluding hydrogens is 444 g/mol. The van der Waals surface area contributed by atoms with Crippen molar-refractivity contribution in [3.05, 3.63) is 138 Å². The molecule has 1 aliphatic carbocycles. The molecule has 4 aromatic rings. The van der Waals surface area contributed by atoms with Crippen molar-refractivity contribution >= 4 is 0 Å². The lowest BCUT2D eigenvalue weighted by Crippen LogP contribution is -2.26. The van der Waals surface area contributed by atoms with Crippen LogP contribution in [0.2, 0.25) is 0 Å². The maximum absolute atomic E-state index is 6.63. The van der Waals surface area contributed by atoms with Gasteiger partial charge in [0.15, 0.2) is 0 Å². The fourth-order valence-electron chi connectivity index (χ4n) is 5.47. The lowest BCUT2D eigenvalue weighted by molar-refractivity contribution is 0.104. The van der Waals surface area contributed by atoms with Crippen molar-refractivity contribution in [2.24, 2.45) is 5.92 Å². The number of hydrogen-bond donors (Lipinski definition) is 0. The number of rotatable bonds is 7. The molecule has 0 bridgehead atoms. The van der Waals surface area contributed by atoms with Crippen molar-refractivity contribution in [2.45, 2.75) is 38.1 Å². The maximum Gasteiger partial charge on any atom is 0.127 e. The quantitative estimate of drug-likeness (QED) is 0.254. The van der Waals surface area contributed by atoms with Gasteiger partial charge in [-0.15, -0.1) is 0 Å². The summed E-state index contributed by atoms with van der Waals surface area (Å²) in [6.07, 6.45) is 1.98. The molecule has 4 aromatic carbocycles. The Balaban J connectivity index is 1.19. The first-order valence-corrected chi connectivity index (χ1v) is 12.6. The smallest absolute Gasteiger partial charge is 0.127 e. The first-order valence-electron chi connectivity index (χ1n) is 12.6. The van der Waals surface area contributed by atoms with Gasteiger partial charge in [-0.25, -0.2) is 0 Å². The third-order valence-corrected chi connectivity index (χ3v) is 7.28. The minimum Gasteiger partial charge on any atom is -0.489 e. The van der Waals surface area contributed by atoms with E-state index >= 15 is 0 Å². The van der Waals surface area contributed by atoms with Crippen LogP contribution >= 0.6 is 0 Å². The van der Waals surface area contributed by atoms with Gasteiger partial charge in [0.1, 0.15) is 36.6 Å². The molecule has 0 aromatic heterocycles. The van der Waals surface area contributed by atoms with Crippen molar-refractivity contribution in [1.82, 2.24) is 0 Å². The molecule has 1 aliphatic heterocycles. The second kappa shape index (κ2) is 9.94. The van der Waals surface area contributed by atoms with Crippen LogP contribution < -0.4 is 14.2 Å². The summed E-state index contributed by atoms with van der Waals surface area (Å²) >= 11 is 0. The van der Waals surface area contributed by atoms with Crippen LogP contribution in [-0.2, 0) is 13.2 Å². The van der Waals surface area contributed by atoms with Crippen LogP contribution in [0.5, 0.6) is 17.2 Å². The van der Waals surface area contributed by atoms with Crippen LogP contribution in [0, 0.1) is 5.92 Å². The first kappa shape index (κ1) is 22.5. The van der Waals surface area contributed by atoms with Crippen LogP contribution in [0.15, 0.2) is 115 Å². The van der Waals surface area contributed by atoms with E-state index in [1.165, 1.54) is 16.7 Å². The standard InChI is InChI=1S/C33H30O3/c1-23-18-29-30-20-28(35-22-25-10-6-3-7-11-25)16-17-32(30)36-33(31(29)19-23)26-12-14-27(15-13-26)34-21-24-8-4-2-5-9-24/h2-17,20,29,31,33H,1,18-19,21-22H2/t29-,31-,33-/m0/s1. The molecule has 2 aliphatic rings. The summed E-state index contributed by atoms with van der Waals surface area (Å²) < 4.78 is 18.7. The topological polar surface area (TPSA) is 27.7 Å². The highest BCUT2D eigenvalue weighted by Gasteiger charge is 2.43. The van der Waals surface area contributed by atoms with Gasteiger partial charge in [0.25, 0.3) is 0 Å². The first-order chi connectivity index (χ1) is 17.7.